The number of ether oxygens (including phenoxy) is 2. The van der Waals surface area contributed by atoms with Gasteiger partial charge < -0.3 is 18.6 Å². The quantitative estimate of drug-likeness (QED) is 0.274. The Morgan fingerprint density at radius 3 is 2.51 bits per heavy atom. The van der Waals surface area contributed by atoms with E-state index < -0.39 is 21.7 Å². The second kappa shape index (κ2) is 10.1. The molecule has 0 atom stereocenters. The standard InChI is InChI=1S/C27H24F2N4O5S/c1-15-26(16(2)38-32-15)39(34,35)31-13-17-5-7-23(37-24-8-6-18(28)12-22(24)29)20(11-17)21-14-33(3)25-19(21)9-10-30-27(25)36-4/h5-12,14,31H,13H2,1-4H3. The van der Waals surface area contributed by atoms with Crippen LogP contribution in [0.1, 0.15) is 17.0 Å². The number of hydrogen-bond donors (Lipinski definition) is 1. The normalized spacial score (nSPS) is 11.7. The van der Waals surface area contributed by atoms with Crippen LogP contribution in [0.25, 0.3) is 22.0 Å². The summed E-state index contributed by atoms with van der Waals surface area (Å²) in [6.07, 6.45) is 3.45. The summed E-state index contributed by atoms with van der Waals surface area (Å²) in [6, 6.07) is 9.86. The Kier molecular flexibility index (Phi) is 6.83. The van der Waals surface area contributed by atoms with E-state index in [-0.39, 0.29) is 34.4 Å². The Labute approximate surface area is 223 Å². The van der Waals surface area contributed by atoms with Gasteiger partial charge in [0.2, 0.25) is 15.9 Å². The van der Waals surface area contributed by atoms with Crippen LogP contribution in [-0.4, -0.2) is 30.2 Å². The van der Waals surface area contributed by atoms with Gasteiger partial charge in [-0.05, 0) is 49.7 Å². The number of nitrogens with one attached hydrogen (secondary N) is 1. The van der Waals surface area contributed by atoms with E-state index in [1.807, 2.05) is 23.9 Å². The highest BCUT2D eigenvalue weighted by Crippen LogP contribution is 2.41. The second-order valence-electron chi connectivity index (χ2n) is 8.86. The zero-order valence-corrected chi connectivity index (χ0v) is 22.3. The molecule has 9 nitrogen and oxygen atoms in total. The van der Waals surface area contributed by atoms with Crippen LogP contribution < -0.4 is 14.2 Å². The summed E-state index contributed by atoms with van der Waals surface area (Å²) in [5, 5.41) is 4.50. The third kappa shape index (κ3) is 4.95. The molecule has 5 rings (SSSR count). The van der Waals surface area contributed by atoms with Crippen molar-refractivity contribution in [2.24, 2.45) is 7.05 Å². The summed E-state index contributed by atoms with van der Waals surface area (Å²) in [7, 11) is -0.562. The highest BCUT2D eigenvalue weighted by Gasteiger charge is 2.24. The van der Waals surface area contributed by atoms with Crippen molar-refractivity contribution < 1.29 is 31.2 Å². The number of pyridine rings is 1. The first-order chi connectivity index (χ1) is 18.6. The number of halogens is 2. The first-order valence-corrected chi connectivity index (χ1v) is 13.2. The number of nitrogens with zero attached hydrogens (tertiary/aromatic N) is 3. The molecule has 0 aliphatic rings. The molecule has 12 heteroatoms. The summed E-state index contributed by atoms with van der Waals surface area (Å²) < 4.78 is 74.6. The average Bonchev–Trinajstić information content (AvgIpc) is 3.43. The maximum absolute atomic E-state index is 14.5. The second-order valence-corrected chi connectivity index (χ2v) is 10.6. The summed E-state index contributed by atoms with van der Waals surface area (Å²) >= 11 is 0. The van der Waals surface area contributed by atoms with E-state index in [0.29, 0.717) is 22.6 Å². The van der Waals surface area contributed by atoms with Gasteiger partial charge in [-0.15, -0.1) is 0 Å². The first kappa shape index (κ1) is 26.3. The smallest absolute Gasteiger partial charge is 0.246 e. The average molecular weight is 555 g/mol. The fraction of sp³-hybridized carbons (Fsp3) is 0.185. The maximum atomic E-state index is 14.5. The molecule has 0 unspecified atom stereocenters. The largest absolute Gasteiger partial charge is 0.479 e. The molecule has 0 amide bonds. The molecule has 0 spiro atoms. The van der Waals surface area contributed by atoms with Crippen molar-refractivity contribution >= 4 is 20.9 Å². The summed E-state index contributed by atoms with van der Waals surface area (Å²) in [5.74, 6) is -0.874. The van der Waals surface area contributed by atoms with Gasteiger partial charge in [0, 0.05) is 48.6 Å². The number of rotatable bonds is 8. The summed E-state index contributed by atoms with van der Waals surface area (Å²) in [5.41, 5.74) is 2.83. The Hall–Kier alpha value is -4.29. The lowest BCUT2D eigenvalue weighted by Crippen LogP contribution is -2.24. The molecule has 202 valence electrons. The Morgan fingerprint density at radius 2 is 1.82 bits per heavy atom. The lowest BCUT2D eigenvalue weighted by Gasteiger charge is -2.14. The van der Waals surface area contributed by atoms with Crippen LogP contribution in [0.2, 0.25) is 0 Å². The minimum atomic E-state index is -3.91. The summed E-state index contributed by atoms with van der Waals surface area (Å²) in [4.78, 5) is 4.26. The van der Waals surface area contributed by atoms with E-state index in [1.54, 1.807) is 31.3 Å². The van der Waals surface area contributed by atoms with E-state index >= 15 is 0 Å². The Bertz CT molecular complexity index is 1800. The van der Waals surface area contributed by atoms with Gasteiger partial charge in [-0.1, -0.05) is 11.2 Å². The third-order valence-corrected chi connectivity index (χ3v) is 7.85. The molecule has 0 aliphatic heterocycles. The number of aromatic nitrogens is 3. The number of methoxy groups -OCH3 is 1. The molecule has 5 aromatic rings. The van der Waals surface area contributed by atoms with E-state index in [2.05, 4.69) is 14.9 Å². The van der Waals surface area contributed by atoms with Crippen molar-refractivity contribution in [3.63, 3.8) is 0 Å². The number of fused-ring (bicyclic) bond motifs is 1. The first-order valence-electron chi connectivity index (χ1n) is 11.8. The monoisotopic (exact) mass is 554 g/mol. The van der Waals surface area contributed by atoms with Crippen LogP contribution in [0.5, 0.6) is 17.4 Å². The number of benzene rings is 2. The molecule has 2 aromatic carbocycles. The van der Waals surface area contributed by atoms with Gasteiger partial charge >= 0.3 is 0 Å². The van der Waals surface area contributed by atoms with Crippen LogP contribution in [0, 0.1) is 25.5 Å². The molecule has 0 saturated carbocycles. The zero-order chi connectivity index (χ0) is 27.9. The van der Waals surface area contributed by atoms with Gasteiger partial charge in [-0.2, -0.15) is 0 Å². The van der Waals surface area contributed by atoms with E-state index in [4.69, 9.17) is 14.0 Å². The van der Waals surface area contributed by atoms with Crippen molar-refractivity contribution in [2.75, 3.05) is 7.11 Å². The Morgan fingerprint density at radius 1 is 1.05 bits per heavy atom. The van der Waals surface area contributed by atoms with Gasteiger partial charge in [-0.3, -0.25) is 0 Å². The predicted octanol–water partition coefficient (Wildman–Crippen LogP) is 5.40. The van der Waals surface area contributed by atoms with Gasteiger partial charge in [0.05, 0.1) is 7.11 Å². The molecule has 0 bridgehead atoms. The van der Waals surface area contributed by atoms with Crippen molar-refractivity contribution in [3.05, 3.63) is 83.5 Å². The number of sulfonamides is 1. The third-order valence-electron chi connectivity index (χ3n) is 6.20. The molecule has 0 radical (unpaired) electrons. The van der Waals surface area contributed by atoms with Gasteiger partial charge in [-0.25, -0.2) is 26.9 Å². The summed E-state index contributed by atoms with van der Waals surface area (Å²) in [6.45, 7) is 3.02. The van der Waals surface area contributed by atoms with Crippen LogP contribution in [-0.2, 0) is 23.6 Å². The fourth-order valence-corrected chi connectivity index (χ4v) is 5.80. The molecule has 0 fully saturated rings. The Balaban J connectivity index is 1.59. The van der Waals surface area contributed by atoms with Crippen molar-refractivity contribution in [1.82, 2.24) is 19.4 Å². The van der Waals surface area contributed by atoms with Gasteiger partial charge in [0.1, 0.15) is 27.7 Å². The predicted molar refractivity (Wildman–Crippen MR) is 139 cm³/mol. The van der Waals surface area contributed by atoms with Gasteiger partial charge in [0.25, 0.3) is 0 Å². The van der Waals surface area contributed by atoms with E-state index in [0.717, 1.165) is 23.0 Å². The minimum Gasteiger partial charge on any atom is -0.479 e. The molecule has 0 aliphatic carbocycles. The fourth-order valence-electron chi connectivity index (χ4n) is 4.46. The molecule has 1 N–H and O–H groups in total. The van der Waals surface area contributed by atoms with Crippen molar-refractivity contribution in [1.29, 1.82) is 0 Å². The molecular formula is C27H24F2N4O5S. The SMILES string of the molecule is COc1nccc2c(-c3cc(CNS(=O)(=O)c4c(C)noc4C)ccc3Oc3ccc(F)cc3F)cn(C)c12. The maximum Gasteiger partial charge on any atom is 0.246 e. The van der Waals surface area contributed by atoms with Crippen molar-refractivity contribution in [2.45, 2.75) is 25.3 Å². The highest BCUT2D eigenvalue weighted by atomic mass is 32.2. The lowest BCUT2D eigenvalue weighted by molar-refractivity contribution is 0.390. The van der Waals surface area contributed by atoms with Crippen LogP contribution in [0.15, 0.2) is 64.3 Å². The van der Waals surface area contributed by atoms with Crippen LogP contribution in [0.3, 0.4) is 0 Å². The lowest BCUT2D eigenvalue weighted by atomic mass is 10.0. The van der Waals surface area contributed by atoms with Crippen molar-refractivity contribution in [3.8, 4) is 28.5 Å². The van der Waals surface area contributed by atoms with E-state index in [9.17, 15) is 17.2 Å². The molecule has 0 saturated heterocycles. The molecule has 3 heterocycles. The molecular weight excluding hydrogens is 530 g/mol. The number of aryl methyl sites for hydroxylation is 3. The van der Waals surface area contributed by atoms with E-state index in [1.165, 1.54) is 20.1 Å². The van der Waals surface area contributed by atoms with Crippen LogP contribution >= 0.6 is 0 Å². The van der Waals surface area contributed by atoms with Crippen LogP contribution in [0.4, 0.5) is 8.78 Å². The topological polar surface area (TPSA) is 108 Å². The highest BCUT2D eigenvalue weighted by molar-refractivity contribution is 7.89. The van der Waals surface area contributed by atoms with Gasteiger partial charge in [0.15, 0.2) is 17.3 Å². The zero-order valence-electron chi connectivity index (χ0n) is 21.5. The minimum absolute atomic E-state index is 0.0110. The molecule has 39 heavy (non-hydrogen) atoms. The number of hydrogen-bond acceptors (Lipinski definition) is 7. The molecule has 3 aromatic heterocycles.